The van der Waals surface area contributed by atoms with Gasteiger partial charge in [0, 0.05) is 11.1 Å². The second-order valence-electron chi connectivity index (χ2n) is 5.71. The zero-order chi connectivity index (χ0) is 10.4. The molecular weight excluding hydrogens is 179 g/mol. The third-order valence-electron chi connectivity index (χ3n) is 2.18. The van der Waals surface area contributed by atoms with E-state index in [-0.39, 0.29) is 11.1 Å². The Morgan fingerprint density at radius 2 is 1.15 bits per heavy atom. The molecule has 0 spiro atoms. The smallest absolute Gasteiger partial charge is 0.255 e. The van der Waals surface area contributed by atoms with Crippen molar-refractivity contribution in [3.8, 4) is 0 Å². The summed E-state index contributed by atoms with van der Waals surface area (Å²) in [4.78, 5) is 0. The maximum absolute atomic E-state index is 2.44. The van der Waals surface area contributed by atoms with Gasteiger partial charge >= 0.3 is 6.98 Å². The highest BCUT2D eigenvalue weighted by Crippen LogP contribution is 2.43. The second-order valence-corrected chi connectivity index (χ2v) is 6.66. The van der Waals surface area contributed by atoms with Crippen LogP contribution in [-0.4, -0.2) is 26.5 Å². The lowest BCUT2D eigenvalue weighted by Gasteiger charge is -2.56. The third-order valence-corrected chi connectivity index (χ3v) is 4.23. The van der Waals surface area contributed by atoms with E-state index in [4.69, 9.17) is 0 Å². The van der Waals surface area contributed by atoms with Crippen LogP contribution in [0.4, 0.5) is 0 Å². The Hall–Kier alpha value is 0.335. The Bertz CT molecular complexity index is 175. The SMILES string of the molecule is CB1N(C(C)(C)C)SN1C(C)(C)C. The fourth-order valence-electron chi connectivity index (χ4n) is 1.65. The Labute approximate surface area is 87.4 Å². The summed E-state index contributed by atoms with van der Waals surface area (Å²) in [5.41, 5.74) is 0.539. The highest BCUT2D eigenvalue weighted by molar-refractivity contribution is 7.99. The van der Waals surface area contributed by atoms with Crippen LogP contribution in [-0.2, 0) is 0 Å². The van der Waals surface area contributed by atoms with Gasteiger partial charge in [-0.2, -0.15) is 0 Å². The Balaban J connectivity index is 2.58. The van der Waals surface area contributed by atoms with Crippen molar-refractivity contribution < 1.29 is 0 Å². The molecule has 1 heterocycles. The van der Waals surface area contributed by atoms with E-state index in [2.05, 4.69) is 56.8 Å². The van der Waals surface area contributed by atoms with Gasteiger partial charge in [-0.25, -0.2) is 0 Å². The van der Waals surface area contributed by atoms with Crippen molar-refractivity contribution in [2.45, 2.75) is 59.4 Å². The average Bonchev–Trinajstić information content (AvgIpc) is 1.77. The van der Waals surface area contributed by atoms with Crippen LogP contribution in [0.1, 0.15) is 41.5 Å². The van der Waals surface area contributed by atoms with Crippen LogP contribution in [0.3, 0.4) is 0 Å². The number of hydrogen-bond acceptors (Lipinski definition) is 3. The molecule has 0 atom stereocenters. The molecule has 1 saturated heterocycles. The average molecular weight is 200 g/mol. The van der Waals surface area contributed by atoms with E-state index >= 15 is 0 Å². The molecule has 0 aromatic carbocycles. The first-order valence-electron chi connectivity index (χ1n) is 4.91. The van der Waals surface area contributed by atoms with Gasteiger partial charge in [-0.3, -0.25) is 8.43 Å². The minimum atomic E-state index is 0.270. The molecule has 0 saturated carbocycles. The molecule has 1 aliphatic rings. The fourth-order valence-corrected chi connectivity index (χ4v) is 2.65. The maximum atomic E-state index is 2.44. The normalized spacial score (nSPS) is 21.9. The molecule has 4 heteroatoms. The lowest BCUT2D eigenvalue weighted by molar-refractivity contribution is 0.275. The topological polar surface area (TPSA) is 6.48 Å². The summed E-state index contributed by atoms with van der Waals surface area (Å²) in [6.45, 7) is 16.4. The minimum absolute atomic E-state index is 0.270. The summed E-state index contributed by atoms with van der Waals surface area (Å²) < 4.78 is 4.89. The predicted octanol–water partition coefficient (Wildman–Crippen LogP) is 2.88. The zero-order valence-corrected chi connectivity index (χ0v) is 10.7. The lowest BCUT2D eigenvalue weighted by atomic mass is 9.74. The molecule has 0 radical (unpaired) electrons. The van der Waals surface area contributed by atoms with Crippen molar-refractivity contribution in [1.29, 1.82) is 0 Å². The zero-order valence-electron chi connectivity index (χ0n) is 9.88. The van der Waals surface area contributed by atoms with Crippen molar-refractivity contribution in [1.82, 2.24) is 8.43 Å². The van der Waals surface area contributed by atoms with Gasteiger partial charge in [0.15, 0.2) is 0 Å². The monoisotopic (exact) mass is 200 g/mol. The first-order valence-corrected chi connectivity index (χ1v) is 5.64. The summed E-state index contributed by atoms with van der Waals surface area (Å²) in [6.07, 6.45) is 0. The van der Waals surface area contributed by atoms with Crippen LogP contribution in [0.2, 0.25) is 6.82 Å². The van der Waals surface area contributed by atoms with Gasteiger partial charge in [0.25, 0.3) is 0 Å². The Morgan fingerprint density at radius 3 is 1.31 bits per heavy atom. The number of hydrogen-bond donors (Lipinski definition) is 0. The van der Waals surface area contributed by atoms with Crippen LogP contribution in [0.25, 0.3) is 0 Å². The summed E-state index contributed by atoms with van der Waals surface area (Å²) in [7, 11) is 0. The van der Waals surface area contributed by atoms with Crippen LogP contribution in [0, 0.1) is 0 Å². The van der Waals surface area contributed by atoms with Crippen molar-refractivity contribution in [3.05, 3.63) is 0 Å². The standard InChI is InChI=1S/C9H21BN2S/c1-8(2,3)11-10(7)12(13-11)9(4,5)6/h1-7H3. The maximum Gasteiger partial charge on any atom is 0.330 e. The molecule has 76 valence electrons. The lowest BCUT2D eigenvalue weighted by Crippen LogP contribution is -2.67. The first kappa shape index (κ1) is 11.4. The van der Waals surface area contributed by atoms with Crippen molar-refractivity contribution in [3.63, 3.8) is 0 Å². The van der Waals surface area contributed by atoms with E-state index in [9.17, 15) is 0 Å². The predicted molar refractivity (Wildman–Crippen MR) is 62.4 cm³/mol. The Morgan fingerprint density at radius 1 is 0.846 bits per heavy atom. The van der Waals surface area contributed by atoms with E-state index < -0.39 is 0 Å². The first-order chi connectivity index (χ1) is 5.64. The molecule has 0 bridgehead atoms. The van der Waals surface area contributed by atoms with Crippen molar-refractivity contribution in [2.75, 3.05) is 0 Å². The van der Waals surface area contributed by atoms with Crippen LogP contribution < -0.4 is 0 Å². The molecule has 0 amide bonds. The largest absolute Gasteiger partial charge is 0.330 e. The molecule has 1 aliphatic heterocycles. The second kappa shape index (κ2) is 3.18. The molecule has 0 unspecified atom stereocenters. The third kappa shape index (κ3) is 2.22. The highest BCUT2D eigenvalue weighted by Gasteiger charge is 2.48. The van der Waals surface area contributed by atoms with E-state index in [0.717, 1.165) is 0 Å². The van der Waals surface area contributed by atoms with Gasteiger partial charge in [0.05, 0.1) is 0 Å². The molecule has 0 aliphatic carbocycles. The molecule has 0 aromatic heterocycles. The summed E-state index contributed by atoms with van der Waals surface area (Å²) in [5.74, 6) is 0. The summed E-state index contributed by atoms with van der Waals surface area (Å²) >= 11 is 1.86. The van der Waals surface area contributed by atoms with E-state index in [0.29, 0.717) is 6.98 Å². The van der Waals surface area contributed by atoms with Gasteiger partial charge in [0.2, 0.25) is 0 Å². The van der Waals surface area contributed by atoms with Crippen LogP contribution in [0.5, 0.6) is 0 Å². The summed E-state index contributed by atoms with van der Waals surface area (Å²) in [5, 5.41) is 0. The van der Waals surface area contributed by atoms with Crippen molar-refractivity contribution in [2.24, 2.45) is 0 Å². The molecule has 1 rings (SSSR count). The highest BCUT2D eigenvalue weighted by atomic mass is 32.2. The van der Waals surface area contributed by atoms with E-state index in [1.807, 2.05) is 12.1 Å². The van der Waals surface area contributed by atoms with Crippen LogP contribution >= 0.6 is 12.1 Å². The molecule has 2 nitrogen and oxygen atoms in total. The van der Waals surface area contributed by atoms with Crippen molar-refractivity contribution >= 4 is 19.1 Å². The fraction of sp³-hybridized carbons (Fsp3) is 1.00. The van der Waals surface area contributed by atoms with Crippen LogP contribution in [0.15, 0.2) is 0 Å². The minimum Gasteiger partial charge on any atom is -0.255 e. The number of nitrogens with zero attached hydrogens (tertiary/aromatic N) is 2. The van der Waals surface area contributed by atoms with E-state index in [1.54, 1.807) is 0 Å². The molecule has 13 heavy (non-hydrogen) atoms. The van der Waals surface area contributed by atoms with E-state index in [1.165, 1.54) is 0 Å². The van der Waals surface area contributed by atoms with Gasteiger partial charge in [-0.15, -0.1) is 0 Å². The summed E-state index contributed by atoms with van der Waals surface area (Å²) in [6, 6.07) is 0. The van der Waals surface area contributed by atoms with Gasteiger partial charge < -0.3 is 0 Å². The molecule has 0 aromatic rings. The van der Waals surface area contributed by atoms with Gasteiger partial charge in [-0.05, 0) is 53.7 Å². The molecule has 0 N–H and O–H groups in total. The number of rotatable bonds is 0. The molecular formula is C9H21BN2S. The van der Waals surface area contributed by atoms with Gasteiger partial charge in [-0.1, -0.05) is 6.82 Å². The Kier molecular flexibility index (Phi) is 2.79. The van der Waals surface area contributed by atoms with Gasteiger partial charge in [0.1, 0.15) is 0 Å². The molecule has 1 fully saturated rings. The quantitative estimate of drug-likeness (QED) is 0.438.